The summed E-state index contributed by atoms with van der Waals surface area (Å²) in [5.41, 5.74) is 11.6. The minimum absolute atomic E-state index is 0. The second kappa shape index (κ2) is 11.2. The Morgan fingerprint density at radius 2 is 1.17 bits per heavy atom. The molecule has 1 radical (unpaired) electrons. The number of nitrogens with zero attached hydrogens (tertiary/aromatic N) is 2. The Morgan fingerprint density at radius 1 is 0.595 bits per heavy atom. The number of rotatable bonds is 4. The van der Waals surface area contributed by atoms with Crippen LogP contribution in [0.2, 0.25) is 0 Å². The first-order valence-corrected chi connectivity index (χ1v) is 14.1. The van der Waals surface area contributed by atoms with Crippen LogP contribution >= 0.6 is 0 Å². The third-order valence-corrected chi connectivity index (χ3v) is 7.94. The van der Waals surface area contributed by atoms with Crippen LogP contribution in [-0.2, 0) is 25.5 Å². The van der Waals surface area contributed by atoms with Gasteiger partial charge in [-0.15, -0.1) is 35.4 Å². The minimum atomic E-state index is 0. The molecule has 207 valence electrons. The first-order chi connectivity index (χ1) is 20.0. The van der Waals surface area contributed by atoms with Gasteiger partial charge in [-0.3, -0.25) is 0 Å². The van der Waals surface area contributed by atoms with E-state index >= 15 is 0 Å². The van der Waals surface area contributed by atoms with Gasteiger partial charge < -0.3 is 9.55 Å². The quantitative estimate of drug-likeness (QED) is 0.166. The van der Waals surface area contributed by atoms with E-state index in [0.717, 1.165) is 16.9 Å². The van der Waals surface area contributed by atoms with Gasteiger partial charge in [0.1, 0.15) is 0 Å². The summed E-state index contributed by atoms with van der Waals surface area (Å²) in [5, 5.41) is 2.47. The van der Waals surface area contributed by atoms with Gasteiger partial charge in [0.2, 0.25) is 0 Å². The summed E-state index contributed by atoms with van der Waals surface area (Å²) in [6.07, 6.45) is 1.91. The Hall–Kier alpha value is -4.30. The molecule has 0 amide bonds. The molecule has 2 nitrogen and oxygen atoms in total. The van der Waals surface area contributed by atoms with Crippen molar-refractivity contribution in [2.24, 2.45) is 0 Å². The van der Waals surface area contributed by atoms with E-state index in [-0.39, 0.29) is 25.5 Å². The maximum Gasteiger partial charge on any atom is 0.0541 e. The van der Waals surface area contributed by atoms with E-state index in [4.69, 9.17) is 4.98 Å². The molecule has 0 bridgehead atoms. The molecule has 2 heterocycles. The van der Waals surface area contributed by atoms with Crippen molar-refractivity contribution < 1.29 is 20.1 Å². The molecule has 7 aromatic rings. The van der Waals surface area contributed by atoms with E-state index in [1.54, 1.807) is 0 Å². The Labute approximate surface area is 261 Å². The maximum absolute atomic E-state index is 4.73. The van der Waals surface area contributed by atoms with Gasteiger partial charge in [-0.25, -0.2) is 0 Å². The molecule has 42 heavy (non-hydrogen) atoms. The van der Waals surface area contributed by atoms with Crippen LogP contribution in [0.1, 0.15) is 26.3 Å². The number of fused-ring (bicyclic) bond motifs is 3. The van der Waals surface area contributed by atoms with Gasteiger partial charge in [-0.2, -0.15) is 0 Å². The number of pyridine rings is 1. The van der Waals surface area contributed by atoms with Crippen LogP contribution in [0.5, 0.6) is 0 Å². The first-order valence-electron chi connectivity index (χ1n) is 14.1. The fourth-order valence-corrected chi connectivity index (χ4v) is 5.68. The Kier molecular flexibility index (Phi) is 7.41. The van der Waals surface area contributed by atoms with Gasteiger partial charge in [0, 0.05) is 42.8 Å². The van der Waals surface area contributed by atoms with E-state index in [9.17, 15) is 0 Å². The molecule has 0 saturated heterocycles. The zero-order chi connectivity index (χ0) is 28.0. The van der Waals surface area contributed by atoms with E-state index in [0.29, 0.717) is 0 Å². The second-order valence-corrected chi connectivity index (χ2v) is 11.7. The van der Waals surface area contributed by atoms with Crippen molar-refractivity contribution in [2.75, 3.05) is 0 Å². The number of hydrogen-bond donors (Lipinski definition) is 0. The van der Waals surface area contributed by atoms with Crippen molar-refractivity contribution in [1.29, 1.82) is 0 Å². The first kappa shape index (κ1) is 27.8. The summed E-state index contributed by atoms with van der Waals surface area (Å²) in [5.74, 6) is 0. The Morgan fingerprint density at radius 3 is 1.67 bits per heavy atom. The molecule has 0 fully saturated rings. The van der Waals surface area contributed by atoms with Gasteiger partial charge in [0.25, 0.3) is 0 Å². The molecule has 0 aliphatic rings. The van der Waals surface area contributed by atoms with Crippen molar-refractivity contribution in [3.05, 3.63) is 145 Å². The van der Waals surface area contributed by atoms with E-state index in [2.05, 4.69) is 159 Å². The monoisotopic (exact) mass is 720 g/mol. The van der Waals surface area contributed by atoms with Crippen LogP contribution in [0.3, 0.4) is 0 Å². The summed E-state index contributed by atoms with van der Waals surface area (Å²) in [6, 6.07) is 49.0. The fraction of sp³-hybridized carbons (Fsp3) is 0.103. The van der Waals surface area contributed by atoms with Crippen LogP contribution in [0, 0.1) is 6.07 Å². The van der Waals surface area contributed by atoms with Crippen molar-refractivity contribution in [3.63, 3.8) is 0 Å². The van der Waals surface area contributed by atoms with Crippen molar-refractivity contribution in [3.8, 4) is 39.2 Å². The summed E-state index contributed by atoms with van der Waals surface area (Å²) in [4.78, 5) is 4.73. The van der Waals surface area contributed by atoms with E-state index in [1.807, 2.05) is 6.20 Å². The third-order valence-electron chi connectivity index (χ3n) is 7.94. The van der Waals surface area contributed by atoms with Gasteiger partial charge in [-0.1, -0.05) is 99.6 Å². The Bertz CT molecular complexity index is 1900. The fourth-order valence-electron chi connectivity index (χ4n) is 5.68. The van der Waals surface area contributed by atoms with Crippen LogP contribution in [0.4, 0.5) is 0 Å². The molecule has 0 unspecified atom stereocenters. The van der Waals surface area contributed by atoms with Crippen molar-refractivity contribution >= 4 is 21.8 Å². The maximum atomic E-state index is 4.73. The smallest absolute Gasteiger partial charge is 0.0541 e. The summed E-state index contributed by atoms with van der Waals surface area (Å²) in [6.45, 7) is 6.68. The van der Waals surface area contributed by atoms with Gasteiger partial charge in [-0.05, 0) is 63.7 Å². The third kappa shape index (κ3) is 5.11. The van der Waals surface area contributed by atoms with Gasteiger partial charge in [0.05, 0.1) is 11.0 Å². The second-order valence-electron chi connectivity index (χ2n) is 11.7. The molecule has 0 spiro atoms. The molecule has 3 heteroatoms. The predicted molar refractivity (Wildman–Crippen MR) is 172 cm³/mol. The van der Waals surface area contributed by atoms with Crippen LogP contribution in [-0.4, -0.2) is 9.55 Å². The normalized spacial score (nSPS) is 11.5. The molecule has 2 aromatic heterocycles. The van der Waals surface area contributed by atoms with Crippen LogP contribution in [0.25, 0.3) is 61.0 Å². The molecule has 0 saturated carbocycles. The summed E-state index contributed by atoms with van der Waals surface area (Å²) < 4.78 is 2.36. The largest absolute Gasteiger partial charge is 0.310 e. The van der Waals surface area contributed by atoms with E-state index in [1.165, 1.54) is 49.6 Å². The SMILES string of the molecule is CC(C)(C)c1c[c-]c(-c2cc(-n3c4ccc(-c5ccccc5)cc4c4cc(-c5ccccc5)ccc43)ccn2)cc1.[Ir]. The van der Waals surface area contributed by atoms with Crippen molar-refractivity contribution in [2.45, 2.75) is 26.2 Å². The number of hydrogen-bond acceptors (Lipinski definition) is 1. The number of benzene rings is 5. The molecule has 0 aliphatic carbocycles. The van der Waals surface area contributed by atoms with Crippen molar-refractivity contribution in [1.82, 2.24) is 9.55 Å². The summed E-state index contributed by atoms with van der Waals surface area (Å²) >= 11 is 0. The zero-order valence-corrected chi connectivity index (χ0v) is 26.3. The Balaban J connectivity index is 0.00000316. The average molecular weight is 720 g/mol. The van der Waals surface area contributed by atoms with Crippen LogP contribution in [0.15, 0.2) is 134 Å². The van der Waals surface area contributed by atoms with E-state index < -0.39 is 0 Å². The average Bonchev–Trinajstić information content (AvgIpc) is 3.34. The molecule has 0 N–H and O–H groups in total. The molecular formula is C39H31IrN2-. The zero-order valence-electron chi connectivity index (χ0n) is 23.9. The molecule has 0 atom stereocenters. The summed E-state index contributed by atoms with van der Waals surface area (Å²) in [7, 11) is 0. The molecular weight excluding hydrogens is 689 g/mol. The standard InChI is InChI=1S/C39H31N2.Ir/c1-39(2,3)32-18-14-29(15-19-32)36-26-33(22-23-40-36)41-37-20-16-30(27-10-6-4-7-11-27)24-34(37)35-25-31(17-21-38(35)41)28-12-8-5-9-13-28;/h4-14,16-26H,1-3H3;/q-1;. The molecule has 7 rings (SSSR count). The molecule has 0 aliphatic heterocycles. The van der Waals surface area contributed by atoms with Gasteiger partial charge in [0.15, 0.2) is 0 Å². The minimum Gasteiger partial charge on any atom is -0.310 e. The van der Waals surface area contributed by atoms with Gasteiger partial charge >= 0.3 is 0 Å². The molecule has 5 aromatic carbocycles. The van der Waals surface area contributed by atoms with Crippen LogP contribution < -0.4 is 0 Å². The topological polar surface area (TPSA) is 17.8 Å². The predicted octanol–water partition coefficient (Wildman–Crippen LogP) is 10.3. The number of aromatic nitrogens is 2.